The molecule has 0 amide bonds. The van der Waals surface area contributed by atoms with Gasteiger partial charge in [-0.1, -0.05) is 18.2 Å². The molecule has 1 heterocycles. The van der Waals surface area contributed by atoms with E-state index in [0.717, 1.165) is 5.75 Å². The van der Waals surface area contributed by atoms with Crippen LogP contribution < -0.4 is 15.4 Å². The van der Waals surface area contributed by atoms with E-state index in [2.05, 4.69) is 30.5 Å². The Kier molecular flexibility index (Phi) is 3.29. The van der Waals surface area contributed by atoms with Crippen LogP contribution in [0.25, 0.3) is 0 Å². The zero-order valence-electron chi connectivity index (χ0n) is 9.49. The van der Waals surface area contributed by atoms with Crippen LogP contribution in [0.3, 0.4) is 0 Å². The van der Waals surface area contributed by atoms with Crippen LogP contribution in [0.1, 0.15) is 25.5 Å². The molecular weight excluding hydrogens is 220 g/mol. The number of hydrogen-bond acceptors (Lipinski definition) is 2. The Morgan fingerprint density at radius 1 is 1.44 bits per heavy atom. The first-order valence-electron chi connectivity index (χ1n) is 5.45. The lowest BCUT2D eigenvalue weighted by Gasteiger charge is -2.17. The van der Waals surface area contributed by atoms with Crippen molar-refractivity contribution < 1.29 is 4.74 Å². The second kappa shape index (κ2) is 4.70. The summed E-state index contributed by atoms with van der Waals surface area (Å²) in [7, 11) is 0. The Morgan fingerprint density at radius 3 is 2.94 bits per heavy atom. The van der Waals surface area contributed by atoms with Crippen molar-refractivity contribution >= 4 is 17.3 Å². The number of rotatable bonds is 2. The number of nitrogens with one attached hydrogen (secondary N) is 2. The van der Waals surface area contributed by atoms with Crippen LogP contribution in [0.15, 0.2) is 24.3 Å². The standard InChI is InChI=1S/C12H16N2OS/c1-8(2)13-12(16)14-10-7-15-11-6-4-3-5-9(10)11/h3-6,8,10H,7H2,1-2H3,(H2,13,14,16). The number of ether oxygens (including phenoxy) is 1. The quantitative estimate of drug-likeness (QED) is 0.769. The van der Waals surface area contributed by atoms with E-state index < -0.39 is 0 Å². The normalized spacial score (nSPS) is 17.8. The fraction of sp³-hybridized carbons (Fsp3) is 0.417. The lowest BCUT2D eigenvalue weighted by molar-refractivity contribution is 0.324. The molecule has 0 saturated carbocycles. The summed E-state index contributed by atoms with van der Waals surface area (Å²) in [5.74, 6) is 0.951. The molecule has 86 valence electrons. The lowest BCUT2D eigenvalue weighted by atomic mass is 10.1. The maximum absolute atomic E-state index is 5.57. The third-order valence-electron chi connectivity index (χ3n) is 2.43. The zero-order valence-corrected chi connectivity index (χ0v) is 10.3. The van der Waals surface area contributed by atoms with Crippen molar-refractivity contribution in [2.75, 3.05) is 6.61 Å². The third kappa shape index (κ3) is 2.44. The van der Waals surface area contributed by atoms with Crippen LogP contribution >= 0.6 is 12.2 Å². The van der Waals surface area contributed by atoms with E-state index in [9.17, 15) is 0 Å². The van der Waals surface area contributed by atoms with Gasteiger partial charge < -0.3 is 15.4 Å². The van der Waals surface area contributed by atoms with Crippen LogP contribution in [0.5, 0.6) is 5.75 Å². The molecule has 2 rings (SSSR count). The summed E-state index contributed by atoms with van der Waals surface area (Å²) >= 11 is 5.22. The van der Waals surface area contributed by atoms with E-state index in [4.69, 9.17) is 17.0 Å². The molecule has 1 aliphatic rings. The van der Waals surface area contributed by atoms with Gasteiger partial charge in [0.2, 0.25) is 0 Å². The largest absolute Gasteiger partial charge is 0.491 e. The molecule has 1 aliphatic heterocycles. The summed E-state index contributed by atoms with van der Waals surface area (Å²) in [6, 6.07) is 8.55. The van der Waals surface area contributed by atoms with Gasteiger partial charge in [-0.25, -0.2) is 0 Å². The van der Waals surface area contributed by atoms with Crippen molar-refractivity contribution in [2.24, 2.45) is 0 Å². The Hall–Kier alpha value is -1.29. The van der Waals surface area contributed by atoms with Crippen LogP contribution in [0.4, 0.5) is 0 Å². The third-order valence-corrected chi connectivity index (χ3v) is 2.66. The van der Waals surface area contributed by atoms with E-state index in [1.165, 1.54) is 5.56 Å². The van der Waals surface area contributed by atoms with Crippen molar-refractivity contribution in [1.82, 2.24) is 10.6 Å². The highest BCUT2D eigenvalue weighted by molar-refractivity contribution is 7.80. The maximum Gasteiger partial charge on any atom is 0.167 e. The van der Waals surface area contributed by atoms with Gasteiger partial charge in [0.05, 0.1) is 6.04 Å². The molecule has 2 N–H and O–H groups in total. The first kappa shape index (κ1) is 11.2. The first-order valence-corrected chi connectivity index (χ1v) is 5.86. The van der Waals surface area contributed by atoms with Crippen molar-refractivity contribution in [3.8, 4) is 5.75 Å². The highest BCUT2D eigenvalue weighted by Crippen LogP contribution is 2.31. The first-order chi connectivity index (χ1) is 7.66. The van der Waals surface area contributed by atoms with Gasteiger partial charge in [-0.2, -0.15) is 0 Å². The van der Waals surface area contributed by atoms with Crippen LogP contribution in [-0.4, -0.2) is 17.8 Å². The molecule has 0 radical (unpaired) electrons. The van der Waals surface area contributed by atoms with E-state index in [1.807, 2.05) is 18.2 Å². The van der Waals surface area contributed by atoms with Gasteiger partial charge in [-0.15, -0.1) is 0 Å². The Morgan fingerprint density at radius 2 is 2.19 bits per heavy atom. The van der Waals surface area contributed by atoms with Gasteiger partial charge in [0, 0.05) is 11.6 Å². The number of hydrogen-bond donors (Lipinski definition) is 2. The summed E-state index contributed by atoms with van der Waals surface area (Å²) in [5.41, 5.74) is 1.18. The molecule has 0 aliphatic carbocycles. The molecule has 0 bridgehead atoms. The predicted molar refractivity (Wildman–Crippen MR) is 68.7 cm³/mol. The highest BCUT2D eigenvalue weighted by Gasteiger charge is 2.23. The molecule has 0 saturated heterocycles. The van der Waals surface area contributed by atoms with E-state index >= 15 is 0 Å². The number of para-hydroxylation sites is 1. The number of fused-ring (bicyclic) bond motifs is 1. The average molecular weight is 236 g/mol. The molecule has 1 aromatic rings. The minimum atomic E-state index is 0.162. The van der Waals surface area contributed by atoms with Crippen molar-refractivity contribution in [3.05, 3.63) is 29.8 Å². The molecule has 0 aromatic heterocycles. The van der Waals surface area contributed by atoms with Crippen molar-refractivity contribution in [1.29, 1.82) is 0 Å². The lowest BCUT2D eigenvalue weighted by Crippen LogP contribution is -2.41. The van der Waals surface area contributed by atoms with Gasteiger partial charge >= 0.3 is 0 Å². The second-order valence-electron chi connectivity index (χ2n) is 4.17. The monoisotopic (exact) mass is 236 g/mol. The Bertz CT molecular complexity index is 392. The van der Waals surface area contributed by atoms with E-state index in [-0.39, 0.29) is 6.04 Å². The molecule has 4 heteroatoms. The summed E-state index contributed by atoms with van der Waals surface area (Å²) in [6.07, 6.45) is 0. The minimum absolute atomic E-state index is 0.162. The average Bonchev–Trinajstić information content (AvgIpc) is 2.61. The molecule has 0 fully saturated rings. The Labute approximate surface area is 101 Å². The van der Waals surface area contributed by atoms with Crippen LogP contribution in [0.2, 0.25) is 0 Å². The van der Waals surface area contributed by atoms with Crippen molar-refractivity contribution in [3.63, 3.8) is 0 Å². The topological polar surface area (TPSA) is 33.3 Å². The summed E-state index contributed by atoms with van der Waals surface area (Å²) in [6.45, 7) is 4.76. The molecule has 1 aromatic carbocycles. The van der Waals surface area contributed by atoms with E-state index in [1.54, 1.807) is 0 Å². The Balaban J connectivity index is 2.00. The molecule has 16 heavy (non-hydrogen) atoms. The summed E-state index contributed by atoms with van der Waals surface area (Å²) in [5, 5.41) is 7.11. The molecule has 1 atom stereocenters. The highest BCUT2D eigenvalue weighted by atomic mass is 32.1. The van der Waals surface area contributed by atoms with Gasteiger partial charge in [0.1, 0.15) is 12.4 Å². The molecule has 3 nitrogen and oxygen atoms in total. The number of benzene rings is 1. The second-order valence-corrected chi connectivity index (χ2v) is 4.58. The SMILES string of the molecule is CC(C)NC(=S)NC1COc2ccccc21. The number of thiocarbonyl (C=S) groups is 1. The van der Waals surface area contributed by atoms with Gasteiger partial charge in [0.25, 0.3) is 0 Å². The van der Waals surface area contributed by atoms with Crippen LogP contribution in [-0.2, 0) is 0 Å². The fourth-order valence-electron chi connectivity index (χ4n) is 1.74. The predicted octanol–water partition coefficient (Wildman–Crippen LogP) is 1.99. The van der Waals surface area contributed by atoms with Gasteiger partial charge in [0.15, 0.2) is 5.11 Å². The maximum atomic E-state index is 5.57. The summed E-state index contributed by atoms with van der Waals surface area (Å²) in [4.78, 5) is 0. The smallest absolute Gasteiger partial charge is 0.167 e. The van der Waals surface area contributed by atoms with E-state index in [0.29, 0.717) is 17.8 Å². The van der Waals surface area contributed by atoms with Crippen LogP contribution in [0, 0.1) is 0 Å². The molecule has 0 spiro atoms. The van der Waals surface area contributed by atoms with Gasteiger partial charge in [-0.3, -0.25) is 0 Å². The van der Waals surface area contributed by atoms with Crippen molar-refractivity contribution in [2.45, 2.75) is 25.9 Å². The van der Waals surface area contributed by atoms with Gasteiger partial charge in [-0.05, 0) is 32.1 Å². The fourth-order valence-corrected chi connectivity index (χ4v) is 2.12. The summed E-state index contributed by atoms with van der Waals surface area (Å²) < 4.78 is 5.57. The zero-order chi connectivity index (χ0) is 11.5. The molecular formula is C12H16N2OS. The minimum Gasteiger partial charge on any atom is -0.491 e. The molecule has 1 unspecified atom stereocenters.